The van der Waals surface area contributed by atoms with Gasteiger partial charge in [-0.3, -0.25) is 0 Å². The Morgan fingerprint density at radius 2 is 2.10 bits per heavy atom. The Kier molecular flexibility index (Phi) is 3.76. The summed E-state index contributed by atoms with van der Waals surface area (Å²) in [5.41, 5.74) is 2.10. The quantitative estimate of drug-likeness (QED) is 0.777. The molecule has 3 rings (SSSR count). The number of hydrogen-bond donors (Lipinski definition) is 0. The summed E-state index contributed by atoms with van der Waals surface area (Å²) in [6, 6.07) is 5.56. The second kappa shape index (κ2) is 5.40. The lowest BCUT2D eigenvalue weighted by atomic mass is 10.1. The summed E-state index contributed by atoms with van der Waals surface area (Å²) in [4.78, 5) is 3.70. The zero-order chi connectivity index (χ0) is 14.2. The van der Waals surface area contributed by atoms with E-state index >= 15 is 0 Å². The maximum Gasteiger partial charge on any atom is 0.137 e. The molecule has 1 aromatic heterocycles. The molecule has 1 fully saturated rings. The largest absolute Gasteiger partial charge is 0.249 e. The smallest absolute Gasteiger partial charge is 0.137 e. The maximum atomic E-state index is 6.56. The fourth-order valence-corrected chi connectivity index (χ4v) is 2.56. The number of rotatable bonds is 4. The zero-order valence-corrected chi connectivity index (χ0v) is 12.8. The third kappa shape index (κ3) is 3.00. The highest BCUT2D eigenvalue weighted by atomic mass is 35.5. The standard InChI is InChI=1S/C14H12Cl3N3/c15-12-2-1-10(6-13(12)16)5-11(14(17)3-4-14)7-20-9-18-8-19-20/h1-2,5-6,8-9H,3-4,7H2/b11-5-. The lowest BCUT2D eigenvalue weighted by molar-refractivity contribution is 0.658. The molecule has 0 atom stereocenters. The molecule has 20 heavy (non-hydrogen) atoms. The van der Waals surface area contributed by atoms with E-state index in [1.807, 2.05) is 12.1 Å². The number of halogens is 3. The predicted molar refractivity (Wildman–Crippen MR) is 82.3 cm³/mol. The molecule has 0 saturated heterocycles. The fraction of sp³-hybridized carbons (Fsp3) is 0.286. The molecule has 1 heterocycles. The minimum Gasteiger partial charge on any atom is -0.249 e. The van der Waals surface area contributed by atoms with Gasteiger partial charge in [-0.1, -0.05) is 35.3 Å². The second-order valence-corrected chi connectivity index (χ2v) is 6.44. The minimum absolute atomic E-state index is 0.252. The van der Waals surface area contributed by atoms with Crippen LogP contribution in [0.1, 0.15) is 18.4 Å². The third-order valence-corrected chi connectivity index (χ3v) is 4.71. The van der Waals surface area contributed by atoms with E-state index in [1.54, 1.807) is 17.1 Å². The van der Waals surface area contributed by atoms with Crippen LogP contribution < -0.4 is 0 Å². The first-order valence-corrected chi connectivity index (χ1v) is 7.38. The van der Waals surface area contributed by atoms with Crippen LogP contribution in [0.3, 0.4) is 0 Å². The van der Waals surface area contributed by atoms with Gasteiger partial charge in [0.1, 0.15) is 12.7 Å². The lowest BCUT2D eigenvalue weighted by Crippen LogP contribution is -2.11. The highest BCUT2D eigenvalue weighted by molar-refractivity contribution is 6.42. The zero-order valence-electron chi connectivity index (χ0n) is 10.6. The molecule has 0 spiro atoms. The fourth-order valence-electron chi connectivity index (χ4n) is 2.04. The van der Waals surface area contributed by atoms with Crippen LogP contribution in [-0.2, 0) is 6.54 Å². The van der Waals surface area contributed by atoms with Crippen molar-refractivity contribution in [2.45, 2.75) is 24.3 Å². The van der Waals surface area contributed by atoms with Crippen LogP contribution >= 0.6 is 34.8 Å². The van der Waals surface area contributed by atoms with Crippen LogP contribution in [0.4, 0.5) is 0 Å². The molecule has 1 aliphatic rings. The average molecular weight is 329 g/mol. The van der Waals surface area contributed by atoms with Crippen molar-refractivity contribution in [1.82, 2.24) is 14.8 Å². The SMILES string of the molecule is Clc1ccc(/C=C(/Cn2cncn2)C2(Cl)CC2)cc1Cl. The van der Waals surface area contributed by atoms with E-state index in [4.69, 9.17) is 34.8 Å². The van der Waals surface area contributed by atoms with Gasteiger partial charge in [0, 0.05) is 0 Å². The number of hydrogen-bond acceptors (Lipinski definition) is 2. The minimum atomic E-state index is -0.252. The van der Waals surface area contributed by atoms with E-state index in [0.717, 1.165) is 24.0 Å². The topological polar surface area (TPSA) is 30.7 Å². The van der Waals surface area contributed by atoms with Crippen LogP contribution in [0.5, 0.6) is 0 Å². The molecule has 3 nitrogen and oxygen atoms in total. The van der Waals surface area contributed by atoms with E-state index < -0.39 is 0 Å². The Morgan fingerprint density at radius 3 is 2.70 bits per heavy atom. The van der Waals surface area contributed by atoms with Crippen molar-refractivity contribution in [2.75, 3.05) is 0 Å². The maximum absolute atomic E-state index is 6.56. The number of nitrogens with zero attached hydrogens (tertiary/aromatic N) is 3. The van der Waals surface area contributed by atoms with Crippen molar-refractivity contribution in [3.05, 3.63) is 52.0 Å². The van der Waals surface area contributed by atoms with Gasteiger partial charge >= 0.3 is 0 Å². The van der Waals surface area contributed by atoms with Crippen molar-refractivity contribution >= 4 is 40.9 Å². The Morgan fingerprint density at radius 1 is 1.30 bits per heavy atom. The van der Waals surface area contributed by atoms with Gasteiger partial charge in [-0.15, -0.1) is 11.6 Å². The van der Waals surface area contributed by atoms with Crippen LogP contribution in [-0.4, -0.2) is 19.6 Å². The molecule has 2 aromatic rings. The van der Waals surface area contributed by atoms with Crippen molar-refractivity contribution in [1.29, 1.82) is 0 Å². The molecule has 0 aliphatic heterocycles. The first-order chi connectivity index (χ1) is 9.57. The number of allylic oxidation sites excluding steroid dienone is 1. The number of alkyl halides is 1. The molecule has 0 bridgehead atoms. The number of aromatic nitrogens is 3. The summed E-state index contributed by atoms with van der Waals surface area (Å²) in [5.74, 6) is 0. The Balaban J connectivity index is 1.92. The molecule has 1 saturated carbocycles. The normalized spacial score (nSPS) is 17.2. The van der Waals surface area contributed by atoms with Gasteiger partial charge in [0.05, 0.1) is 21.5 Å². The van der Waals surface area contributed by atoms with Gasteiger partial charge in [0.2, 0.25) is 0 Å². The van der Waals surface area contributed by atoms with Gasteiger partial charge in [-0.2, -0.15) is 5.10 Å². The Labute approximate surface area is 132 Å². The second-order valence-electron chi connectivity index (χ2n) is 4.90. The molecule has 1 aliphatic carbocycles. The summed E-state index contributed by atoms with van der Waals surface area (Å²) >= 11 is 18.5. The molecule has 6 heteroatoms. The monoisotopic (exact) mass is 327 g/mol. The Bertz CT molecular complexity index is 646. The molecular weight excluding hydrogens is 317 g/mol. The molecule has 104 valence electrons. The highest BCUT2D eigenvalue weighted by Crippen LogP contribution is 2.49. The molecule has 0 amide bonds. The first-order valence-electron chi connectivity index (χ1n) is 6.24. The summed E-state index contributed by atoms with van der Waals surface area (Å²) < 4.78 is 1.77. The molecular formula is C14H12Cl3N3. The summed E-state index contributed by atoms with van der Waals surface area (Å²) in [6.07, 6.45) is 7.23. The van der Waals surface area contributed by atoms with Crippen molar-refractivity contribution in [3.63, 3.8) is 0 Å². The number of benzene rings is 1. The van der Waals surface area contributed by atoms with E-state index in [0.29, 0.717) is 16.6 Å². The van der Waals surface area contributed by atoms with Crippen LogP contribution in [0.2, 0.25) is 10.0 Å². The van der Waals surface area contributed by atoms with E-state index in [2.05, 4.69) is 16.2 Å². The lowest BCUT2D eigenvalue weighted by Gasteiger charge is -2.13. The van der Waals surface area contributed by atoms with Gasteiger partial charge in [0.25, 0.3) is 0 Å². The predicted octanol–water partition coefficient (Wildman–Crippen LogP) is 4.44. The molecule has 1 aromatic carbocycles. The van der Waals surface area contributed by atoms with Gasteiger partial charge in [-0.25, -0.2) is 9.67 Å². The first kappa shape index (κ1) is 13.9. The van der Waals surface area contributed by atoms with Crippen LogP contribution in [0, 0.1) is 0 Å². The molecule has 0 N–H and O–H groups in total. The average Bonchev–Trinajstić information content (AvgIpc) is 2.97. The van der Waals surface area contributed by atoms with E-state index in [1.165, 1.54) is 6.33 Å². The summed E-state index contributed by atoms with van der Waals surface area (Å²) in [6.45, 7) is 0.629. The van der Waals surface area contributed by atoms with Crippen LogP contribution in [0.15, 0.2) is 36.4 Å². The van der Waals surface area contributed by atoms with Gasteiger partial charge in [0.15, 0.2) is 0 Å². The summed E-state index contributed by atoms with van der Waals surface area (Å²) in [7, 11) is 0. The van der Waals surface area contributed by atoms with Gasteiger partial charge in [-0.05, 0) is 36.1 Å². The molecule has 0 radical (unpaired) electrons. The summed E-state index contributed by atoms with van der Waals surface area (Å²) in [5, 5.41) is 5.22. The highest BCUT2D eigenvalue weighted by Gasteiger charge is 2.44. The van der Waals surface area contributed by atoms with Gasteiger partial charge < -0.3 is 0 Å². The Hall–Kier alpha value is -1.03. The van der Waals surface area contributed by atoms with E-state index in [9.17, 15) is 0 Å². The molecule has 0 unspecified atom stereocenters. The van der Waals surface area contributed by atoms with E-state index in [-0.39, 0.29) is 4.87 Å². The van der Waals surface area contributed by atoms with Crippen LogP contribution in [0.25, 0.3) is 6.08 Å². The van der Waals surface area contributed by atoms with Crippen molar-refractivity contribution in [2.24, 2.45) is 0 Å². The van der Waals surface area contributed by atoms with Crippen molar-refractivity contribution in [3.8, 4) is 0 Å². The third-order valence-electron chi connectivity index (χ3n) is 3.35. The van der Waals surface area contributed by atoms with Crippen molar-refractivity contribution < 1.29 is 0 Å².